The van der Waals surface area contributed by atoms with E-state index in [-0.39, 0.29) is 59.8 Å². The largest absolute Gasteiger partial charge is 0.357 e. The number of amides is 2. The number of aryl methyl sites for hydroxylation is 3. The molecule has 4 fully saturated rings. The van der Waals surface area contributed by atoms with Crippen molar-refractivity contribution in [2.45, 2.75) is 110 Å². The molecule has 5 N–H and O–H groups in total. The topological polar surface area (TPSA) is 328 Å². The Morgan fingerprint density at radius 1 is 0.485 bits per heavy atom. The van der Waals surface area contributed by atoms with E-state index < -0.39 is 22.5 Å². The fraction of sp³-hybridized carbons (Fsp3) is 0.417. The first-order chi connectivity index (χ1) is 62.7. The first-order valence-electron chi connectivity index (χ1n) is 44.3. The van der Waals surface area contributed by atoms with Crippen molar-refractivity contribution >= 4 is 113 Å². The number of nitrogens with zero attached hydrogens (tertiary/aromatic N) is 20. The van der Waals surface area contributed by atoms with Crippen molar-refractivity contribution in [2.24, 2.45) is 41.0 Å². The average Bonchev–Trinajstić information content (AvgIpc) is 1.57. The number of pyridine rings is 2. The highest BCUT2D eigenvalue weighted by molar-refractivity contribution is 7.99. The molecule has 4 saturated heterocycles. The molecule has 4 aliphatic heterocycles. The number of hydrogen-bond acceptors (Lipinski definition) is 21. The summed E-state index contributed by atoms with van der Waals surface area (Å²) in [6, 6.07) is 32.1. The van der Waals surface area contributed by atoms with E-state index in [1.54, 1.807) is 114 Å². The Balaban J connectivity index is 0.000000141. The molecule has 1 atom stereocenters. The van der Waals surface area contributed by atoms with E-state index in [0.29, 0.717) is 101 Å². The summed E-state index contributed by atoms with van der Waals surface area (Å²) < 4.78 is 17.4. The molecule has 13 aromatic rings. The second-order valence-electron chi connectivity index (χ2n) is 33.9. The lowest BCUT2D eigenvalue weighted by molar-refractivity contribution is 0.0822. The van der Waals surface area contributed by atoms with Gasteiger partial charge in [0.25, 0.3) is 34.1 Å². The maximum atomic E-state index is 14.2. The molecule has 33 nitrogen and oxygen atoms in total. The fourth-order valence-electron chi connectivity index (χ4n) is 18.0. The van der Waals surface area contributed by atoms with Crippen LogP contribution in [0.5, 0.6) is 0 Å². The van der Waals surface area contributed by atoms with Gasteiger partial charge in [-0.15, -0.1) is 23.6 Å². The normalized spacial score (nSPS) is 14.9. The molecule has 2 amide bonds. The first-order valence-corrected chi connectivity index (χ1v) is 45.5. The van der Waals surface area contributed by atoms with Gasteiger partial charge >= 0.3 is 17.1 Å². The quantitative estimate of drug-likeness (QED) is 0.0430. The molecule has 10 aromatic heterocycles. The smallest absolute Gasteiger partial charge is 0.331 e. The van der Waals surface area contributed by atoms with Crippen LogP contribution in [0.4, 0.5) is 23.3 Å². The van der Waals surface area contributed by atoms with Crippen molar-refractivity contribution < 1.29 is 9.59 Å². The van der Waals surface area contributed by atoms with E-state index in [4.69, 9.17) is 10.7 Å². The number of aromatic nitrogens is 14. The summed E-state index contributed by atoms with van der Waals surface area (Å²) in [5.41, 5.74) is 12.4. The number of carbonyl (C=O) groups excluding carboxylic acids is 2. The number of piperidine rings is 1. The minimum atomic E-state index is -0.502. The summed E-state index contributed by atoms with van der Waals surface area (Å²) in [4.78, 5) is 147. The molecule has 0 radical (unpaired) electrons. The van der Waals surface area contributed by atoms with Gasteiger partial charge in [-0.25, -0.2) is 19.4 Å². The first kappa shape index (κ1) is 92.9. The minimum Gasteiger partial charge on any atom is -0.357 e. The number of allylic oxidation sites excluding steroid dienone is 2. The zero-order chi connectivity index (χ0) is 92.5. The third kappa shape index (κ3) is 18.7. The highest BCUT2D eigenvalue weighted by Crippen LogP contribution is 2.40. The third-order valence-electron chi connectivity index (χ3n) is 24.6. The number of thioether (sulfide) groups is 1. The van der Waals surface area contributed by atoms with Crippen LogP contribution < -0.4 is 80.6 Å². The van der Waals surface area contributed by atoms with Gasteiger partial charge in [0.15, 0.2) is 0 Å². The Hall–Kier alpha value is -13.3. The van der Waals surface area contributed by atoms with Gasteiger partial charge in [-0.2, -0.15) is 0 Å². The van der Waals surface area contributed by atoms with Crippen molar-refractivity contribution in [3.05, 3.63) is 228 Å². The summed E-state index contributed by atoms with van der Waals surface area (Å²) in [5, 5.41) is 14.3. The van der Waals surface area contributed by atoms with Crippen LogP contribution in [0.2, 0.25) is 0 Å². The molecule has 0 aliphatic carbocycles. The van der Waals surface area contributed by atoms with E-state index in [1.165, 1.54) is 40.7 Å². The van der Waals surface area contributed by atoms with Gasteiger partial charge in [-0.1, -0.05) is 102 Å². The van der Waals surface area contributed by atoms with Crippen molar-refractivity contribution in [1.82, 2.24) is 90.9 Å². The summed E-state index contributed by atoms with van der Waals surface area (Å²) in [6.07, 6.45) is 14.2. The molecule has 0 bridgehead atoms. The van der Waals surface area contributed by atoms with Gasteiger partial charge in [-0.3, -0.25) is 70.7 Å². The van der Waals surface area contributed by atoms with E-state index >= 15 is 0 Å². The number of hydrogen-bond donors (Lipinski definition) is 4. The fourth-order valence-corrected chi connectivity index (χ4v) is 18.8. The van der Waals surface area contributed by atoms with Crippen molar-refractivity contribution in [1.29, 1.82) is 0 Å². The predicted molar refractivity (Wildman–Crippen MR) is 520 cm³/mol. The lowest BCUT2D eigenvalue weighted by Gasteiger charge is -2.34. The van der Waals surface area contributed by atoms with Crippen molar-refractivity contribution in [3.8, 4) is 23.7 Å². The lowest BCUT2D eigenvalue weighted by atomic mass is 10.1. The number of nitrogens with two attached hydrogens (primary N) is 1. The van der Waals surface area contributed by atoms with Gasteiger partial charge in [-0.05, 0) is 114 Å². The number of benzene rings is 3. The van der Waals surface area contributed by atoms with Crippen LogP contribution in [0, 0.1) is 23.7 Å². The molecule has 3 aromatic carbocycles. The molecule has 0 spiro atoms. The van der Waals surface area contributed by atoms with Crippen LogP contribution in [0.3, 0.4) is 0 Å². The summed E-state index contributed by atoms with van der Waals surface area (Å²) in [7, 11) is 14.6. The van der Waals surface area contributed by atoms with Crippen LogP contribution in [0.15, 0.2) is 166 Å². The van der Waals surface area contributed by atoms with Gasteiger partial charge in [0.2, 0.25) is 0 Å². The number of nitrogens with one attached hydrogen (secondary N) is 3. The Kier molecular flexibility index (Phi) is 29.3. The molecule has 130 heavy (non-hydrogen) atoms. The van der Waals surface area contributed by atoms with Crippen molar-refractivity contribution in [2.75, 3.05) is 146 Å². The van der Waals surface area contributed by atoms with E-state index in [0.717, 1.165) is 164 Å². The molecule has 4 aliphatic rings. The number of fused-ring (bicyclic) bond motifs is 6. The Bertz CT molecular complexity index is 7050. The van der Waals surface area contributed by atoms with Crippen LogP contribution in [-0.4, -0.2) is 219 Å². The zero-order valence-corrected chi connectivity index (χ0v) is 77.7. The monoisotopic (exact) mass is 1780 g/mol. The predicted octanol–water partition coefficient (Wildman–Crippen LogP) is 6.48. The summed E-state index contributed by atoms with van der Waals surface area (Å²) in [6.45, 7) is 21.3. The molecule has 14 heterocycles. The Morgan fingerprint density at radius 3 is 1.48 bits per heavy atom. The Labute approximate surface area is 757 Å². The minimum absolute atomic E-state index is 0.00731. The average molecular weight is 1780 g/mol. The van der Waals surface area contributed by atoms with Gasteiger partial charge in [0, 0.05) is 184 Å². The van der Waals surface area contributed by atoms with Crippen molar-refractivity contribution in [3.63, 3.8) is 0 Å². The lowest BCUT2D eigenvalue weighted by Crippen LogP contribution is -2.44. The standard InChI is InChI=1S/C29H33N7O3.C26H30N6O.C21H27N5O2S.C20H28N6O3/c1-5-6-17-35-25-24(23(27(37)32(2)3)26(35)34-16-9-13-30-15-18-34)33(4)29(39)36(28(25)38)19-22-21-11-8-7-10-20(21)12-14-31-22;1-19(2)9-14-32-24(30-13-5-10-27-12-15-30)16-22-25(32)26(33)31(18-29-22)17-23-21-7-4-3-6-20(21)8-11-28-23;1-23-16-17(20(27)24(2)21(23)28)26(12-14-8-5-4-6-9-14)19(18(16)29-3)25-11-7-10-15(22)13-25;1-6-7-12-26-16-15(23(4)20(29)24(5)19(16)28)14(18(27)22(2)3)17(26)25-11-8-9-21-10-13-25/h7-8,10-12,14,30H,9,13,15-19H2,1-4H3;3-4,6-9,11,16,18,27H,5,10,12-15,17H2,1-2H3;4-6,8-9,15H,7,10-13,22H2,1-3H3;21H,8-13H2,1-5H3/t;;15-;/m..0./s1. The van der Waals surface area contributed by atoms with E-state index in [2.05, 4.69) is 129 Å². The second kappa shape index (κ2) is 41.0. The van der Waals surface area contributed by atoms with Gasteiger partial charge in [0.05, 0.1) is 70.9 Å². The summed E-state index contributed by atoms with van der Waals surface area (Å²) in [5.74, 6) is 14.7. The van der Waals surface area contributed by atoms with Gasteiger partial charge < -0.3 is 69.4 Å². The van der Waals surface area contributed by atoms with E-state index in [9.17, 15) is 43.2 Å². The molecular formula is C96H118N24O9S. The highest BCUT2D eigenvalue weighted by atomic mass is 32.2. The van der Waals surface area contributed by atoms with Crippen LogP contribution >= 0.6 is 11.8 Å². The van der Waals surface area contributed by atoms with Crippen LogP contribution in [-0.2, 0) is 74.5 Å². The zero-order valence-electron chi connectivity index (χ0n) is 76.9. The SMILES string of the molecule is CC#CCn1c(N2CCCNCC2)c(C(=O)N(C)C)c2c1c(=O)n(C)c(=O)n2C.CC#CCn1c(N2CCCNCC2)c(C(=O)N(C)C)c2c1c(=O)n(Cc1nccc3ccccc13)c(=O)n2C.CC(C)=CCn1c(N2CCCNCC2)cc2ncn(Cc3nccc4ccccc34)c(=O)c21.CSc1c(N2CCC[C@H](N)C2)n(Cc2ccccc2)c2c(=O)n(C)c(=O)n(C)c12. The molecule has 682 valence electrons. The van der Waals surface area contributed by atoms with Crippen LogP contribution in [0.25, 0.3) is 65.7 Å². The highest BCUT2D eigenvalue weighted by Gasteiger charge is 2.36. The molecule has 17 rings (SSSR count). The second-order valence-corrected chi connectivity index (χ2v) is 34.7. The molecule has 0 saturated carbocycles. The van der Waals surface area contributed by atoms with Gasteiger partial charge in [0.1, 0.15) is 56.5 Å². The molecule has 0 unspecified atom stereocenters. The number of carbonyl (C=O) groups is 2. The third-order valence-corrected chi connectivity index (χ3v) is 25.3. The van der Waals surface area contributed by atoms with Crippen LogP contribution in [0.1, 0.15) is 97.5 Å². The van der Waals surface area contributed by atoms with E-state index in [1.807, 2.05) is 77.6 Å². The maximum Gasteiger partial charge on any atom is 0.331 e. The summed E-state index contributed by atoms with van der Waals surface area (Å²) >= 11 is 1.58. The number of rotatable bonds is 17. The Morgan fingerprint density at radius 2 is 0.962 bits per heavy atom. The molecule has 34 heteroatoms. The molecular weight excluding hydrogens is 1670 g/mol. The number of anilines is 4. The maximum absolute atomic E-state index is 14.2.